The van der Waals surface area contributed by atoms with E-state index in [1.807, 2.05) is 10.3 Å². The molecule has 5 nitrogen and oxygen atoms in total. The number of fused-ring (bicyclic) bond motifs is 1. The van der Waals surface area contributed by atoms with Gasteiger partial charge in [0.05, 0.1) is 4.88 Å². The summed E-state index contributed by atoms with van der Waals surface area (Å²) in [4.78, 5) is 14.6. The van der Waals surface area contributed by atoms with Crippen LogP contribution < -0.4 is 10.3 Å². The highest BCUT2D eigenvalue weighted by molar-refractivity contribution is 7.89. The van der Waals surface area contributed by atoms with Crippen LogP contribution in [0.3, 0.4) is 0 Å². The highest BCUT2D eigenvalue weighted by Crippen LogP contribution is 2.30. The number of rotatable bonds is 4. The van der Waals surface area contributed by atoms with Gasteiger partial charge in [-0.1, -0.05) is 0 Å². The molecule has 0 fully saturated rings. The summed E-state index contributed by atoms with van der Waals surface area (Å²) in [7, 11) is -4.32. The Labute approximate surface area is 135 Å². The highest BCUT2D eigenvalue weighted by Gasteiger charge is 2.22. The fourth-order valence-electron chi connectivity index (χ4n) is 2.36. The molecule has 1 aromatic heterocycles. The average molecular weight is 358 g/mol. The quantitative estimate of drug-likeness (QED) is 0.823. The van der Waals surface area contributed by atoms with E-state index in [2.05, 4.69) is 0 Å². The number of hydrogen-bond donors (Lipinski definition) is 2. The van der Waals surface area contributed by atoms with Crippen molar-refractivity contribution in [3.8, 4) is 0 Å². The summed E-state index contributed by atoms with van der Waals surface area (Å²) in [6, 6.07) is 3.80. The maximum atomic E-state index is 13.5. The van der Waals surface area contributed by atoms with Gasteiger partial charge in [-0.05, 0) is 43.0 Å². The summed E-state index contributed by atoms with van der Waals surface area (Å²) in [5.74, 6) is -2.74. The number of hydrogen-bond acceptors (Lipinski definition) is 4. The zero-order valence-corrected chi connectivity index (χ0v) is 13.4. The van der Waals surface area contributed by atoms with Crippen molar-refractivity contribution in [2.45, 2.75) is 24.2 Å². The molecule has 122 valence electrons. The maximum Gasteiger partial charge on any atom is 0.276 e. The lowest BCUT2D eigenvalue weighted by atomic mass is 10.2. The molecule has 1 amide bonds. The van der Waals surface area contributed by atoms with Gasteiger partial charge in [0.1, 0.15) is 16.5 Å². The minimum absolute atomic E-state index is 0.386. The van der Waals surface area contributed by atoms with Crippen LogP contribution in [0.4, 0.5) is 8.78 Å². The van der Waals surface area contributed by atoms with Gasteiger partial charge in [0.15, 0.2) is 0 Å². The number of carbonyl (C=O) groups excluding carboxylic acids is 1. The van der Waals surface area contributed by atoms with Gasteiger partial charge < -0.3 is 0 Å². The van der Waals surface area contributed by atoms with Crippen molar-refractivity contribution in [1.82, 2.24) is 10.3 Å². The van der Waals surface area contributed by atoms with Crippen LogP contribution in [0, 0.1) is 11.6 Å². The summed E-state index contributed by atoms with van der Waals surface area (Å²) < 4.78 is 50.3. The molecular weight excluding hydrogens is 346 g/mol. The van der Waals surface area contributed by atoms with E-state index >= 15 is 0 Å². The Morgan fingerprint density at radius 2 is 1.96 bits per heavy atom. The van der Waals surface area contributed by atoms with Crippen molar-refractivity contribution in [1.29, 1.82) is 0 Å². The van der Waals surface area contributed by atoms with Crippen molar-refractivity contribution in [3.63, 3.8) is 0 Å². The van der Waals surface area contributed by atoms with E-state index < -0.39 is 32.5 Å². The predicted molar refractivity (Wildman–Crippen MR) is 80.5 cm³/mol. The van der Waals surface area contributed by atoms with E-state index in [-0.39, 0.29) is 0 Å². The number of benzene rings is 1. The molecule has 1 aromatic carbocycles. The maximum absolute atomic E-state index is 13.5. The molecule has 1 heterocycles. The molecule has 0 atom stereocenters. The van der Waals surface area contributed by atoms with E-state index in [0.29, 0.717) is 10.9 Å². The lowest BCUT2D eigenvalue weighted by Crippen LogP contribution is -2.41. The molecule has 0 spiro atoms. The molecule has 0 saturated heterocycles. The Bertz CT molecular complexity index is 857. The molecule has 23 heavy (non-hydrogen) atoms. The van der Waals surface area contributed by atoms with Crippen LogP contribution in [0.1, 0.15) is 26.5 Å². The van der Waals surface area contributed by atoms with Crippen LogP contribution in [-0.4, -0.2) is 14.3 Å². The highest BCUT2D eigenvalue weighted by atomic mass is 32.2. The van der Waals surface area contributed by atoms with Crippen molar-refractivity contribution >= 4 is 27.3 Å². The summed E-state index contributed by atoms with van der Waals surface area (Å²) >= 11 is 1.31. The normalized spacial score (nSPS) is 13.8. The molecule has 3 rings (SSSR count). The molecule has 0 bridgehead atoms. The Hall–Kier alpha value is -1.84. The largest absolute Gasteiger partial charge is 0.276 e. The smallest absolute Gasteiger partial charge is 0.273 e. The van der Waals surface area contributed by atoms with E-state index in [9.17, 15) is 22.0 Å². The molecule has 0 aliphatic heterocycles. The number of nitrogens with one attached hydrogen (secondary N) is 2. The molecule has 0 saturated carbocycles. The van der Waals surface area contributed by atoms with Gasteiger partial charge in [0.25, 0.3) is 15.9 Å². The second-order valence-electron chi connectivity index (χ2n) is 5.05. The van der Waals surface area contributed by atoms with Crippen molar-refractivity contribution in [3.05, 3.63) is 51.2 Å². The first-order valence-electron chi connectivity index (χ1n) is 6.75. The van der Waals surface area contributed by atoms with Gasteiger partial charge in [0, 0.05) is 10.9 Å². The Balaban J connectivity index is 1.72. The zero-order valence-electron chi connectivity index (χ0n) is 11.7. The van der Waals surface area contributed by atoms with E-state index in [0.717, 1.165) is 41.8 Å². The number of sulfonamides is 1. The first-order valence-corrected chi connectivity index (χ1v) is 9.05. The van der Waals surface area contributed by atoms with Gasteiger partial charge in [-0.3, -0.25) is 10.2 Å². The second kappa shape index (κ2) is 5.99. The zero-order chi connectivity index (χ0) is 16.6. The molecule has 0 radical (unpaired) electrons. The minimum atomic E-state index is -4.32. The first kappa shape index (κ1) is 16.0. The van der Waals surface area contributed by atoms with Crippen molar-refractivity contribution in [2.24, 2.45) is 0 Å². The van der Waals surface area contributed by atoms with Gasteiger partial charge in [0.2, 0.25) is 0 Å². The first-order chi connectivity index (χ1) is 10.9. The molecule has 1 aliphatic carbocycles. The fraction of sp³-hybridized carbons (Fsp3) is 0.214. The van der Waals surface area contributed by atoms with E-state index in [1.54, 1.807) is 6.07 Å². The fourth-order valence-corrected chi connectivity index (χ4v) is 4.41. The SMILES string of the molecule is O=C(NNS(=O)(=O)c1ccc(F)cc1F)c1cc2c(s1)CCC2. The topological polar surface area (TPSA) is 75.3 Å². The van der Waals surface area contributed by atoms with Gasteiger partial charge in [-0.15, -0.1) is 16.2 Å². The molecule has 9 heteroatoms. The molecular formula is C14H12F2N2O3S2. The van der Waals surface area contributed by atoms with Crippen LogP contribution in [-0.2, 0) is 22.9 Å². The second-order valence-corrected chi connectivity index (χ2v) is 7.83. The summed E-state index contributed by atoms with van der Waals surface area (Å²) in [6.07, 6.45) is 2.88. The number of amides is 1. The van der Waals surface area contributed by atoms with Gasteiger partial charge >= 0.3 is 0 Å². The van der Waals surface area contributed by atoms with Crippen molar-refractivity contribution < 1.29 is 22.0 Å². The third-order valence-electron chi connectivity index (χ3n) is 3.45. The number of hydrazine groups is 1. The lowest BCUT2D eigenvalue weighted by molar-refractivity contribution is 0.0949. The Morgan fingerprint density at radius 3 is 2.65 bits per heavy atom. The summed E-state index contributed by atoms with van der Waals surface area (Å²) in [5, 5.41) is 0. The number of halogens is 2. The number of aryl methyl sites for hydroxylation is 2. The molecule has 1 aliphatic rings. The van der Waals surface area contributed by atoms with Crippen LogP contribution in [0.5, 0.6) is 0 Å². The van der Waals surface area contributed by atoms with Gasteiger partial charge in [-0.25, -0.2) is 17.2 Å². The number of carbonyl (C=O) groups is 1. The minimum Gasteiger partial charge on any atom is -0.273 e. The molecule has 0 unspecified atom stereocenters. The number of thiophene rings is 1. The Morgan fingerprint density at radius 1 is 1.17 bits per heavy atom. The standard InChI is InChI=1S/C14H12F2N2O3S2/c15-9-4-5-13(10(16)7-9)23(20,21)18-17-14(19)12-6-8-2-1-3-11(8)22-12/h4-7,18H,1-3H2,(H,17,19). The lowest BCUT2D eigenvalue weighted by Gasteiger charge is -2.08. The van der Waals surface area contributed by atoms with Crippen LogP contribution in [0.25, 0.3) is 0 Å². The van der Waals surface area contributed by atoms with Crippen LogP contribution >= 0.6 is 11.3 Å². The van der Waals surface area contributed by atoms with E-state index in [4.69, 9.17) is 0 Å². The monoisotopic (exact) mass is 358 g/mol. The summed E-state index contributed by atoms with van der Waals surface area (Å²) in [5.41, 5.74) is 3.15. The van der Waals surface area contributed by atoms with Crippen LogP contribution in [0.15, 0.2) is 29.2 Å². The third kappa shape index (κ3) is 3.26. The Kier molecular flexibility index (Phi) is 4.17. The molecule has 2 N–H and O–H groups in total. The third-order valence-corrected chi connectivity index (χ3v) is 5.97. The average Bonchev–Trinajstić information content (AvgIpc) is 3.05. The van der Waals surface area contributed by atoms with Crippen molar-refractivity contribution in [2.75, 3.05) is 0 Å². The summed E-state index contributed by atoms with van der Waals surface area (Å²) in [6.45, 7) is 0. The van der Waals surface area contributed by atoms with Crippen LogP contribution in [0.2, 0.25) is 0 Å². The predicted octanol–water partition coefficient (Wildman–Crippen LogP) is 2.14. The molecule has 2 aromatic rings. The van der Waals surface area contributed by atoms with E-state index in [1.165, 1.54) is 11.3 Å². The van der Waals surface area contributed by atoms with Gasteiger partial charge in [-0.2, -0.15) is 0 Å².